The summed E-state index contributed by atoms with van der Waals surface area (Å²) in [6.07, 6.45) is 0.470. The van der Waals surface area contributed by atoms with Gasteiger partial charge < -0.3 is 23.8 Å². The number of hydrogen-bond acceptors (Lipinski definition) is 7. The monoisotopic (exact) mass is 455 g/mol. The molecule has 0 spiro atoms. The quantitative estimate of drug-likeness (QED) is 0.577. The summed E-state index contributed by atoms with van der Waals surface area (Å²) < 4.78 is 21.1. The number of carbonyl (C=O) groups excluding carboxylic acids is 2. The molecule has 1 aliphatic heterocycles. The lowest BCUT2D eigenvalue weighted by Crippen LogP contribution is -2.40. The van der Waals surface area contributed by atoms with E-state index in [4.69, 9.17) is 18.9 Å². The Morgan fingerprint density at radius 1 is 1.00 bits per heavy atom. The van der Waals surface area contributed by atoms with Crippen LogP contribution in [0.4, 0.5) is 0 Å². The average molecular weight is 456 g/mol. The van der Waals surface area contributed by atoms with E-state index in [-0.39, 0.29) is 25.0 Å². The Kier molecular flexibility index (Phi) is 7.89. The first-order valence-electron chi connectivity index (χ1n) is 10.4. The van der Waals surface area contributed by atoms with Gasteiger partial charge in [-0.1, -0.05) is 0 Å². The minimum Gasteiger partial charge on any atom is -0.497 e. The van der Waals surface area contributed by atoms with E-state index in [1.807, 2.05) is 30.3 Å². The van der Waals surface area contributed by atoms with E-state index in [2.05, 4.69) is 5.10 Å². The molecule has 0 fully saturated rings. The molecule has 0 N–H and O–H groups in total. The fraction of sp³-hybridized carbons (Fsp3) is 0.375. The summed E-state index contributed by atoms with van der Waals surface area (Å²) in [7, 11) is 7.76. The second kappa shape index (κ2) is 10.8. The van der Waals surface area contributed by atoms with Crippen LogP contribution in [0, 0.1) is 0 Å². The first-order valence-corrected chi connectivity index (χ1v) is 10.4. The van der Waals surface area contributed by atoms with Gasteiger partial charge in [-0.15, -0.1) is 0 Å². The van der Waals surface area contributed by atoms with Crippen LogP contribution in [0.15, 0.2) is 47.6 Å². The van der Waals surface area contributed by atoms with Gasteiger partial charge in [-0.05, 0) is 48.0 Å². The average Bonchev–Trinajstić information content (AvgIpc) is 3.29. The first-order chi connectivity index (χ1) is 15.9. The minimum atomic E-state index is -0.425. The van der Waals surface area contributed by atoms with Crippen LogP contribution in [0.25, 0.3) is 0 Å². The summed E-state index contributed by atoms with van der Waals surface area (Å²) in [5.41, 5.74) is 2.39. The maximum atomic E-state index is 13.3. The van der Waals surface area contributed by atoms with Gasteiger partial charge in [0.25, 0.3) is 5.91 Å². The maximum Gasteiger partial charge on any atom is 0.262 e. The van der Waals surface area contributed by atoms with Crippen LogP contribution in [0.3, 0.4) is 0 Å². The second-order valence-corrected chi connectivity index (χ2v) is 7.52. The third kappa shape index (κ3) is 5.43. The summed E-state index contributed by atoms with van der Waals surface area (Å²) in [5.74, 6) is 1.38. The fourth-order valence-corrected chi connectivity index (χ4v) is 3.64. The zero-order chi connectivity index (χ0) is 24.0. The van der Waals surface area contributed by atoms with Gasteiger partial charge in [-0.2, -0.15) is 5.10 Å². The van der Waals surface area contributed by atoms with Crippen molar-refractivity contribution in [2.24, 2.45) is 5.10 Å². The highest BCUT2D eigenvalue weighted by Crippen LogP contribution is 2.39. The second-order valence-electron chi connectivity index (χ2n) is 7.52. The van der Waals surface area contributed by atoms with Crippen LogP contribution < -0.4 is 14.2 Å². The summed E-state index contributed by atoms with van der Waals surface area (Å²) in [6, 6.07) is 12.5. The number of hydrogen-bond donors (Lipinski definition) is 0. The topological polar surface area (TPSA) is 89.9 Å². The Hall–Kier alpha value is -3.59. The largest absolute Gasteiger partial charge is 0.497 e. The van der Waals surface area contributed by atoms with Crippen molar-refractivity contribution in [1.82, 2.24) is 9.91 Å². The summed E-state index contributed by atoms with van der Waals surface area (Å²) in [4.78, 5) is 26.7. The molecule has 3 rings (SSSR count). The van der Waals surface area contributed by atoms with Gasteiger partial charge in [-0.3, -0.25) is 9.59 Å². The number of hydrazone groups is 1. The molecule has 9 heteroatoms. The molecule has 0 bridgehead atoms. The lowest BCUT2D eigenvalue weighted by Gasteiger charge is -2.26. The molecule has 33 heavy (non-hydrogen) atoms. The summed E-state index contributed by atoms with van der Waals surface area (Å²) in [5, 5.41) is 6.08. The number of ether oxygens (including phenoxy) is 4. The molecule has 1 unspecified atom stereocenters. The van der Waals surface area contributed by atoms with Crippen LogP contribution in [0.1, 0.15) is 23.6 Å². The Bertz CT molecular complexity index is 1020. The van der Waals surface area contributed by atoms with E-state index in [1.165, 1.54) is 17.0 Å². The van der Waals surface area contributed by atoms with Gasteiger partial charge in [-0.25, -0.2) is 5.01 Å². The molecule has 1 aliphatic rings. The zero-order valence-electron chi connectivity index (χ0n) is 19.5. The van der Waals surface area contributed by atoms with E-state index in [1.54, 1.807) is 40.5 Å². The van der Waals surface area contributed by atoms with Gasteiger partial charge in [0.2, 0.25) is 5.91 Å². The molecule has 0 saturated carbocycles. The van der Waals surface area contributed by atoms with Gasteiger partial charge >= 0.3 is 0 Å². The number of likely N-dealkylation sites (N-methyl/N-ethyl adjacent to an activating group) is 1. The highest BCUT2D eigenvalue weighted by molar-refractivity contribution is 6.03. The SMILES string of the molecule is COCC(=O)N(C)CC(=O)N1N=C(c2ccc(OC)cc2)CC1c1cc(OC)ccc1OC. The van der Waals surface area contributed by atoms with E-state index in [0.717, 1.165) is 22.6 Å². The summed E-state index contributed by atoms with van der Waals surface area (Å²) >= 11 is 0. The summed E-state index contributed by atoms with van der Waals surface area (Å²) in [6.45, 7) is -0.234. The standard InChI is InChI=1S/C24H29N3O6/c1-26(24(29)15-30-2)14-23(28)27-21(19-12-18(32-4)10-11-22(19)33-5)13-20(25-27)16-6-8-17(31-3)9-7-16/h6-12,21H,13-15H2,1-5H3. The van der Waals surface area contributed by atoms with Gasteiger partial charge in [0, 0.05) is 26.1 Å². The third-order valence-electron chi connectivity index (χ3n) is 5.45. The van der Waals surface area contributed by atoms with Crippen LogP contribution >= 0.6 is 0 Å². The zero-order valence-corrected chi connectivity index (χ0v) is 19.5. The van der Waals surface area contributed by atoms with Crippen molar-refractivity contribution >= 4 is 17.5 Å². The third-order valence-corrected chi connectivity index (χ3v) is 5.45. The van der Waals surface area contributed by atoms with Crippen LogP contribution in [0.2, 0.25) is 0 Å². The number of rotatable bonds is 9. The van der Waals surface area contributed by atoms with E-state index < -0.39 is 6.04 Å². The fourth-order valence-electron chi connectivity index (χ4n) is 3.64. The number of carbonyl (C=O) groups is 2. The predicted octanol–water partition coefficient (Wildman–Crippen LogP) is 2.49. The van der Waals surface area contributed by atoms with E-state index >= 15 is 0 Å². The lowest BCUT2D eigenvalue weighted by molar-refractivity contribution is -0.142. The first kappa shape index (κ1) is 24.1. The van der Waals surface area contributed by atoms with Crippen molar-refractivity contribution in [2.45, 2.75) is 12.5 Å². The number of nitrogens with zero attached hydrogens (tertiary/aromatic N) is 3. The number of methoxy groups -OCH3 is 4. The van der Waals surface area contributed by atoms with Gasteiger partial charge in [0.1, 0.15) is 30.4 Å². The van der Waals surface area contributed by atoms with Gasteiger partial charge in [0.15, 0.2) is 0 Å². The lowest BCUT2D eigenvalue weighted by atomic mass is 9.97. The Morgan fingerprint density at radius 3 is 2.27 bits per heavy atom. The van der Waals surface area contributed by atoms with Crippen molar-refractivity contribution in [3.05, 3.63) is 53.6 Å². The van der Waals surface area contributed by atoms with Crippen LogP contribution in [0.5, 0.6) is 17.2 Å². The van der Waals surface area contributed by atoms with Crippen molar-refractivity contribution in [3.63, 3.8) is 0 Å². The van der Waals surface area contributed by atoms with E-state index in [9.17, 15) is 9.59 Å². The van der Waals surface area contributed by atoms with Crippen molar-refractivity contribution in [2.75, 3.05) is 48.6 Å². The number of amides is 2. The Labute approximate surface area is 193 Å². The molecule has 0 saturated heterocycles. The molecule has 0 radical (unpaired) electrons. The Balaban J connectivity index is 1.96. The van der Waals surface area contributed by atoms with Gasteiger partial charge in [0.05, 0.1) is 33.1 Å². The Morgan fingerprint density at radius 2 is 1.67 bits per heavy atom. The van der Waals surface area contributed by atoms with Crippen LogP contribution in [-0.2, 0) is 14.3 Å². The molecule has 176 valence electrons. The molecule has 2 aromatic rings. The molecule has 0 aromatic heterocycles. The molecule has 1 heterocycles. The molecule has 0 aliphatic carbocycles. The highest BCUT2D eigenvalue weighted by Gasteiger charge is 2.35. The molecule has 2 aromatic carbocycles. The maximum absolute atomic E-state index is 13.3. The minimum absolute atomic E-state index is 0.0999. The van der Waals surface area contributed by atoms with Crippen molar-refractivity contribution in [1.29, 1.82) is 0 Å². The molecular weight excluding hydrogens is 426 g/mol. The molecule has 2 amide bonds. The van der Waals surface area contributed by atoms with Crippen LogP contribution in [-0.4, -0.2) is 76.1 Å². The number of benzene rings is 2. The smallest absolute Gasteiger partial charge is 0.262 e. The highest BCUT2D eigenvalue weighted by atomic mass is 16.5. The predicted molar refractivity (Wildman–Crippen MR) is 123 cm³/mol. The molecule has 1 atom stereocenters. The van der Waals surface area contributed by atoms with Crippen molar-refractivity contribution < 1.29 is 28.5 Å². The molecule has 9 nitrogen and oxygen atoms in total. The van der Waals surface area contributed by atoms with E-state index in [0.29, 0.717) is 17.9 Å². The normalized spacial score (nSPS) is 15.1. The molecular formula is C24H29N3O6. The van der Waals surface area contributed by atoms with Crippen molar-refractivity contribution in [3.8, 4) is 17.2 Å².